The highest BCUT2D eigenvalue weighted by molar-refractivity contribution is 5.04. The number of rotatable bonds is 2. The predicted molar refractivity (Wildman–Crippen MR) is 34.6 cm³/mol. The minimum Gasteiger partial charge on any atom is -0.391 e. The fraction of sp³-hybridized carbons (Fsp3) is 0.286. The fourth-order valence-corrected chi connectivity index (χ4v) is 0.247. The second-order valence-corrected chi connectivity index (χ2v) is 1.49. The lowest BCUT2D eigenvalue weighted by molar-refractivity contribution is 0.331. The summed E-state index contributed by atoms with van der Waals surface area (Å²) in [5.74, 6) is 0. The summed E-state index contributed by atoms with van der Waals surface area (Å²) in [6.45, 7) is 5.33. The van der Waals surface area contributed by atoms with Crippen molar-refractivity contribution in [2.75, 3.05) is 6.61 Å². The van der Waals surface area contributed by atoms with E-state index in [1.165, 1.54) is 0 Å². The van der Waals surface area contributed by atoms with Crippen molar-refractivity contribution in [3.63, 3.8) is 0 Å². The van der Waals surface area contributed by atoms with E-state index >= 15 is 0 Å². The second-order valence-electron chi connectivity index (χ2n) is 1.49. The Bertz CT molecular complexity index is 127. The van der Waals surface area contributed by atoms with E-state index < -0.39 is 0 Å². The Balaban J connectivity index is 3.90. The zero-order chi connectivity index (χ0) is 6.41. The summed E-state index contributed by atoms with van der Waals surface area (Å²) < 4.78 is 0. The van der Waals surface area contributed by atoms with Gasteiger partial charge in [0, 0.05) is 0 Å². The number of allylic oxidation sites excluding steroid dienone is 1. The van der Waals surface area contributed by atoms with Gasteiger partial charge in [0.05, 0.1) is 6.61 Å². The third kappa shape index (κ3) is 3.41. The molecule has 1 heteroatoms. The van der Waals surface area contributed by atoms with Gasteiger partial charge in [-0.15, -0.1) is 5.73 Å². The van der Waals surface area contributed by atoms with Gasteiger partial charge in [0.25, 0.3) is 0 Å². The van der Waals surface area contributed by atoms with Gasteiger partial charge in [-0.1, -0.05) is 12.7 Å². The van der Waals surface area contributed by atoms with Gasteiger partial charge in [0.15, 0.2) is 0 Å². The van der Waals surface area contributed by atoms with E-state index in [-0.39, 0.29) is 6.61 Å². The topological polar surface area (TPSA) is 20.2 Å². The summed E-state index contributed by atoms with van der Waals surface area (Å²) in [5.41, 5.74) is 3.63. The van der Waals surface area contributed by atoms with Crippen molar-refractivity contribution in [2.45, 2.75) is 6.92 Å². The maximum Gasteiger partial charge on any atom is 0.0713 e. The molecule has 0 aromatic heterocycles. The van der Waals surface area contributed by atoms with Crippen LogP contribution in [0.4, 0.5) is 0 Å². The molecule has 1 nitrogen and oxygen atoms in total. The molecule has 0 fully saturated rings. The molecule has 0 rings (SSSR count). The average Bonchev–Trinajstić information content (AvgIpc) is 1.83. The molecular formula is C7H10O. The Morgan fingerprint density at radius 2 is 2.50 bits per heavy atom. The number of aliphatic hydroxyl groups is 1. The number of hydrogen-bond donors (Lipinski definition) is 1. The van der Waals surface area contributed by atoms with Crippen molar-refractivity contribution in [2.24, 2.45) is 0 Å². The molecule has 0 radical (unpaired) electrons. The molecule has 1 N–H and O–H groups in total. The number of aliphatic hydroxyl groups excluding tert-OH is 1. The molecule has 0 spiro atoms. The van der Waals surface area contributed by atoms with E-state index in [1.807, 2.05) is 0 Å². The molecule has 0 bridgehead atoms. The monoisotopic (exact) mass is 110 g/mol. The Morgan fingerprint density at radius 3 is 2.88 bits per heavy atom. The van der Waals surface area contributed by atoms with Gasteiger partial charge in [-0.3, -0.25) is 0 Å². The van der Waals surface area contributed by atoms with Crippen LogP contribution in [-0.2, 0) is 0 Å². The highest BCUT2D eigenvalue weighted by Crippen LogP contribution is 1.83. The third-order valence-electron chi connectivity index (χ3n) is 0.685. The summed E-state index contributed by atoms with van der Waals surface area (Å²) in [7, 11) is 0. The van der Waals surface area contributed by atoms with E-state index in [4.69, 9.17) is 5.11 Å². The normalized spacial score (nSPS) is 7.25. The molecule has 0 aliphatic heterocycles. The Morgan fingerprint density at radius 1 is 1.88 bits per heavy atom. The standard InChI is InChI=1S/C7H10O/c1-3-4-5-7(2)6-8/h3-4,8H,1,6H2,2H3. The van der Waals surface area contributed by atoms with Crippen LogP contribution in [0.3, 0.4) is 0 Å². The van der Waals surface area contributed by atoms with E-state index in [1.54, 1.807) is 19.1 Å². The van der Waals surface area contributed by atoms with Gasteiger partial charge < -0.3 is 5.11 Å². The maximum atomic E-state index is 8.41. The highest BCUT2D eigenvalue weighted by Gasteiger charge is 1.75. The van der Waals surface area contributed by atoms with Crippen molar-refractivity contribution in [3.05, 3.63) is 30.0 Å². The number of hydrogen-bond acceptors (Lipinski definition) is 1. The Labute approximate surface area is 49.7 Å². The fourth-order valence-electron chi connectivity index (χ4n) is 0.247. The summed E-state index contributed by atoms with van der Waals surface area (Å²) in [6.07, 6.45) is 3.30. The lowest BCUT2D eigenvalue weighted by Gasteiger charge is -1.81. The van der Waals surface area contributed by atoms with Crippen molar-refractivity contribution in [1.82, 2.24) is 0 Å². The molecule has 0 atom stereocenters. The summed E-state index contributed by atoms with van der Waals surface area (Å²) in [4.78, 5) is 0. The average molecular weight is 110 g/mol. The lowest BCUT2D eigenvalue weighted by Crippen LogP contribution is -1.78. The quantitative estimate of drug-likeness (QED) is 0.419. The van der Waals surface area contributed by atoms with Crippen LogP contribution in [0, 0.1) is 0 Å². The molecular weight excluding hydrogens is 100 g/mol. The molecule has 44 valence electrons. The van der Waals surface area contributed by atoms with Crippen LogP contribution in [0.1, 0.15) is 6.92 Å². The third-order valence-corrected chi connectivity index (χ3v) is 0.685. The molecule has 0 aromatic carbocycles. The van der Waals surface area contributed by atoms with Gasteiger partial charge >= 0.3 is 0 Å². The van der Waals surface area contributed by atoms with Gasteiger partial charge in [-0.25, -0.2) is 0 Å². The van der Waals surface area contributed by atoms with E-state index in [9.17, 15) is 0 Å². The SMILES string of the molecule is C=CC=C=C(C)CO. The minimum atomic E-state index is 0.0737. The van der Waals surface area contributed by atoms with Crippen molar-refractivity contribution < 1.29 is 5.11 Å². The van der Waals surface area contributed by atoms with Crippen LogP contribution in [0.2, 0.25) is 0 Å². The first kappa shape index (κ1) is 7.22. The van der Waals surface area contributed by atoms with Crippen molar-refractivity contribution >= 4 is 0 Å². The molecule has 0 aromatic rings. The van der Waals surface area contributed by atoms with E-state index in [0.29, 0.717) is 0 Å². The zero-order valence-electron chi connectivity index (χ0n) is 5.02. The first-order chi connectivity index (χ1) is 3.81. The molecule has 0 amide bonds. The Hall–Kier alpha value is -0.780. The summed E-state index contributed by atoms with van der Waals surface area (Å²) >= 11 is 0. The molecule has 0 saturated heterocycles. The lowest BCUT2D eigenvalue weighted by atomic mass is 10.3. The Kier molecular flexibility index (Phi) is 3.95. The first-order valence-corrected chi connectivity index (χ1v) is 2.45. The van der Waals surface area contributed by atoms with Crippen LogP contribution >= 0.6 is 0 Å². The van der Waals surface area contributed by atoms with E-state index in [0.717, 1.165) is 5.57 Å². The smallest absolute Gasteiger partial charge is 0.0713 e. The molecule has 0 aliphatic rings. The van der Waals surface area contributed by atoms with Gasteiger partial charge in [-0.05, 0) is 18.6 Å². The summed E-state index contributed by atoms with van der Waals surface area (Å²) in [6, 6.07) is 0. The van der Waals surface area contributed by atoms with Crippen LogP contribution in [-0.4, -0.2) is 11.7 Å². The largest absolute Gasteiger partial charge is 0.391 e. The van der Waals surface area contributed by atoms with Crippen LogP contribution in [0.15, 0.2) is 30.0 Å². The van der Waals surface area contributed by atoms with Crippen molar-refractivity contribution in [1.29, 1.82) is 0 Å². The van der Waals surface area contributed by atoms with Crippen LogP contribution in [0.25, 0.3) is 0 Å². The zero-order valence-corrected chi connectivity index (χ0v) is 5.02. The molecule has 0 heterocycles. The predicted octanol–water partition coefficient (Wildman–Crippen LogP) is 1.27. The van der Waals surface area contributed by atoms with Crippen LogP contribution in [0.5, 0.6) is 0 Å². The van der Waals surface area contributed by atoms with Crippen molar-refractivity contribution in [3.8, 4) is 0 Å². The molecule has 0 unspecified atom stereocenters. The molecule has 0 aliphatic carbocycles. The maximum absolute atomic E-state index is 8.41. The van der Waals surface area contributed by atoms with E-state index in [2.05, 4.69) is 12.3 Å². The van der Waals surface area contributed by atoms with Crippen LogP contribution < -0.4 is 0 Å². The van der Waals surface area contributed by atoms with Gasteiger partial charge in [0.2, 0.25) is 0 Å². The molecule has 0 saturated carbocycles. The molecule has 8 heavy (non-hydrogen) atoms. The summed E-state index contributed by atoms with van der Waals surface area (Å²) in [5, 5.41) is 8.41. The highest BCUT2D eigenvalue weighted by atomic mass is 16.3. The van der Waals surface area contributed by atoms with Gasteiger partial charge in [-0.2, -0.15) is 0 Å². The van der Waals surface area contributed by atoms with Gasteiger partial charge in [0.1, 0.15) is 0 Å². The minimum absolute atomic E-state index is 0.0737. The second kappa shape index (κ2) is 4.38. The first-order valence-electron chi connectivity index (χ1n) is 2.45.